The van der Waals surface area contributed by atoms with Gasteiger partial charge in [-0.2, -0.15) is 0 Å². The molecule has 0 spiro atoms. The van der Waals surface area contributed by atoms with Gasteiger partial charge in [0.25, 0.3) is 0 Å². The van der Waals surface area contributed by atoms with Gasteiger partial charge < -0.3 is 10.4 Å². The number of benzene rings is 1. The first kappa shape index (κ1) is 20.4. The summed E-state index contributed by atoms with van der Waals surface area (Å²) in [5.41, 5.74) is 2.26. The molecule has 0 atom stereocenters. The molecule has 1 heterocycles. The number of hydrogen-bond donors (Lipinski definition) is 2. The van der Waals surface area contributed by atoms with Crippen molar-refractivity contribution in [2.45, 2.75) is 66.5 Å². The Morgan fingerprint density at radius 3 is 2.50 bits per heavy atom. The molecule has 0 saturated heterocycles. The molecule has 2 N–H and O–H groups in total. The first-order chi connectivity index (χ1) is 12.3. The van der Waals surface area contributed by atoms with Crippen molar-refractivity contribution in [3.8, 4) is 0 Å². The van der Waals surface area contributed by atoms with Crippen molar-refractivity contribution in [2.24, 2.45) is 11.3 Å². The van der Waals surface area contributed by atoms with Gasteiger partial charge in [-0.3, -0.25) is 14.5 Å². The van der Waals surface area contributed by atoms with E-state index >= 15 is 0 Å². The summed E-state index contributed by atoms with van der Waals surface area (Å²) in [4.78, 5) is 26.6. The van der Waals surface area contributed by atoms with E-state index in [1.165, 1.54) is 11.1 Å². The van der Waals surface area contributed by atoms with Gasteiger partial charge in [0.05, 0.1) is 5.41 Å². The van der Waals surface area contributed by atoms with Crippen LogP contribution in [0.15, 0.2) is 18.2 Å². The average Bonchev–Trinajstić information content (AvgIpc) is 3.02. The van der Waals surface area contributed by atoms with Crippen molar-refractivity contribution >= 4 is 17.6 Å². The van der Waals surface area contributed by atoms with Gasteiger partial charge in [-0.25, -0.2) is 0 Å². The van der Waals surface area contributed by atoms with Crippen LogP contribution in [0, 0.1) is 11.3 Å². The molecule has 0 bridgehead atoms. The number of nitrogens with zero attached hydrogens (tertiary/aromatic N) is 1. The number of nitrogens with one attached hydrogen (secondary N) is 1. The monoisotopic (exact) mass is 360 g/mol. The fourth-order valence-electron chi connectivity index (χ4n) is 3.59. The summed E-state index contributed by atoms with van der Waals surface area (Å²) in [6.07, 6.45) is 2.06. The molecule has 1 amide bonds. The molecule has 1 aliphatic heterocycles. The number of anilines is 1. The lowest BCUT2D eigenvalue weighted by atomic mass is 9.79. The van der Waals surface area contributed by atoms with E-state index in [-0.39, 0.29) is 12.3 Å². The fourth-order valence-corrected chi connectivity index (χ4v) is 3.59. The minimum absolute atomic E-state index is 0.00998. The van der Waals surface area contributed by atoms with Crippen molar-refractivity contribution in [3.05, 3.63) is 29.3 Å². The maximum atomic E-state index is 12.6. The Hall–Kier alpha value is -1.88. The zero-order valence-corrected chi connectivity index (χ0v) is 16.5. The van der Waals surface area contributed by atoms with Crippen molar-refractivity contribution < 1.29 is 14.7 Å². The van der Waals surface area contributed by atoms with Crippen LogP contribution >= 0.6 is 0 Å². The zero-order valence-electron chi connectivity index (χ0n) is 16.5. The lowest BCUT2D eigenvalue weighted by Crippen LogP contribution is -2.34. The van der Waals surface area contributed by atoms with Gasteiger partial charge in [-0.1, -0.05) is 39.8 Å². The average molecular weight is 360 g/mol. The highest BCUT2D eigenvalue weighted by Gasteiger charge is 2.37. The number of carboxylic acids is 1. The quantitative estimate of drug-likeness (QED) is 0.690. The normalized spacial score (nSPS) is 14.5. The van der Waals surface area contributed by atoms with Crippen LogP contribution in [0.3, 0.4) is 0 Å². The Morgan fingerprint density at radius 2 is 1.92 bits per heavy atom. The molecule has 0 unspecified atom stereocenters. The molecule has 1 aliphatic rings. The van der Waals surface area contributed by atoms with Gasteiger partial charge in [0, 0.05) is 25.2 Å². The van der Waals surface area contributed by atoms with Gasteiger partial charge in [0.15, 0.2) is 0 Å². The molecule has 0 aliphatic carbocycles. The summed E-state index contributed by atoms with van der Waals surface area (Å²) in [6.45, 7) is 10.9. The Morgan fingerprint density at radius 1 is 1.23 bits per heavy atom. The molecular formula is C21H32N2O3. The first-order valence-corrected chi connectivity index (χ1v) is 9.67. The van der Waals surface area contributed by atoms with E-state index in [2.05, 4.69) is 30.1 Å². The Bertz CT molecular complexity index is 651. The van der Waals surface area contributed by atoms with Crippen LogP contribution in [-0.2, 0) is 22.7 Å². The van der Waals surface area contributed by atoms with E-state index in [9.17, 15) is 14.7 Å². The van der Waals surface area contributed by atoms with Crippen LogP contribution in [-0.4, -0.2) is 28.4 Å². The predicted molar refractivity (Wildman–Crippen MR) is 104 cm³/mol. The third-order valence-corrected chi connectivity index (χ3v) is 5.65. The molecule has 0 saturated carbocycles. The van der Waals surface area contributed by atoms with Crippen molar-refractivity contribution in [2.75, 3.05) is 11.9 Å². The van der Waals surface area contributed by atoms with E-state index in [1.54, 1.807) is 0 Å². The third kappa shape index (κ3) is 4.64. The summed E-state index contributed by atoms with van der Waals surface area (Å²) in [7, 11) is 0. The molecular weight excluding hydrogens is 328 g/mol. The van der Waals surface area contributed by atoms with E-state index in [0.717, 1.165) is 31.7 Å². The summed E-state index contributed by atoms with van der Waals surface area (Å²) < 4.78 is 0. The maximum Gasteiger partial charge on any atom is 0.310 e. The second kappa shape index (κ2) is 8.67. The van der Waals surface area contributed by atoms with E-state index in [1.807, 2.05) is 26.0 Å². The van der Waals surface area contributed by atoms with Gasteiger partial charge in [0.1, 0.15) is 0 Å². The van der Waals surface area contributed by atoms with Gasteiger partial charge in [-0.15, -0.1) is 0 Å². The van der Waals surface area contributed by atoms with Gasteiger partial charge in [-0.05, 0) is 48.9 Å². The summed E-state index contributed by atoms with van der Waals surface area (Å²) >= 11 is 0. The van der Waals surface area contributed by atoms with Crippen molar-refractivity contribution in [3.63, 3.8) is 0 Å². The number of fused-ring (bicyclic) bond motifs is 1. The number of amides is 1. The molecule has 5 nitrogen and oxygen atoms in total. The summed E-state index contributed by atoms with van der Waals surface area (Å²) in [6, 6.07) is 5.99. The lowest BCUT2D eigenvalue weighted by molar-refractivity contribution is -0.151. The van der Waals surface area contributed by atoms with Gasteiger partial charge >= 0.3 is 5.97 Å². The molecule has 1 aromatic rings. The van der Waals surface area contributed by atoms with E-state index < -0.39 is 11.4 Å². The Balaban J connectivity index is 2.07. The number of carboxylic acid groups (broad SMARTS) is 1. The van der Waals surface area contributed by atoms with Crippen molar-refractivity contribution in [1.82, 2.24) is 4.90 Å². The Labute approximate surface area is 156 Å². The molecule has 0 fully saturated rings. The minimum atomic E-state index is -0.981. The minimum Gasteiger partial charge on any atom is -0.481 e. The largest absolute Gasteiger partial charge is 0.481 e. The van der Waals surface area contributed by atoms with E-state index in [4.69, 9.17) is 0 Å². The van der Waals surface area contributed by atoms with Crippen LogP contribution in [0.25, 0.3) is 0 Å². The van der Waals surface area contributed by atoms with Crippen LogP contribution in [0.5, 0.6) is 0 Å². The molecule has 0 aromatic heterocycles. The van der Waals surface area contributed by atoms with Crippen LogP contribution in [0.2, 0.25) is 0 Å². The molecule has 144 valence electrons. The number of rotatable bonds is 9. The van der Waals surface area contributed by atoms with E-state index in [0.29, 0.717) is 18.8 Å². The zero-order chi connectivity index (χ0) is 19.3. The number of aliphatic carboxylic acids is 1. The van der Waals surface area contributed by atoms with Crippen molar-refractivity contribution in [1.29, 1.82) is 0 Å². The van der Waals surface area contributed by atoms with Crippen LogP contribution in [0.1, 0.15) is 64.5 Å². The third-order valence-electron chi connectivity index (χ3n) is 5.65. The maximum absolute atomic E-state index is 12.6. The molecule has 26 heavy (non-hydrogen) atoms. The summed E-state index contributed by atoms with van der Waals surface area (Å²) in [5.74, 6) is -0.439. The highest BCUT2D eigenvalue weighted by atomic mass is 16.4. The standard InChI is InChI=1S/C21H32N2O3/c1-5-21(6-2,20(25)26)12-19(24)22-18-9-7-8-16-13-23(14-17(16)18)11-10-15(3)4/h7-9,15H,5-6,10-14H2,1-4H3,(H,22,24)(H,25,26). The predicted octanol–water partition coefficient (Wildman–Crippen LogP) is 4.27. The number of carbonyl (C=O) groups is 2. The molecule has 5 heteroatoms. The number of hydrogen-bond acceptors (Lipinski definition) is 3. The van der Waals surface area contributed by atoms with Gasteiger partial charge in [0.2, 0.25) is 5.91 Å². The Kier molecular flexibility index (Phi) is 6.81. The summed E-state index contributed by atoms with van der Waals surface area (Å²) in [5, 5.41) is 12.5. The smallest absolute Gasteiger partial charge is 0.310 e. The topological polar surface area (TPSA) is 69.6 Å². The highest BCUT2D eigenvalue weighted by Crippen LogP contribution is 2.33. The number of carbonyl (C=O) groups excluding carboxylic acids is 1. The highest BCUT2D eigenvalue weighted by molar-refractivity contribution is 5.95. The molecule has 1 aromatic carbocycles. The lowest BCUT2D eigenvalue weighted by Gasteiger charge is -2.26. The second-order valence-corrected chi connectivity index (χ2v) is 7.85. The second-order valence-electron chi connectivity index (χ2n) is 7.85. The molecule has 0 radical (unpaired) electrons. The van der Waals surface area contributed by atoms with Crippen LogP contribution < -0.4 is 5.32 Å². The molecule has 2 rings (SSSR count). The van der Waals surface area contributed by atoms with Crippen LogP contribution in [0.4, 0.5) is 5.69 Å². The SMILES string of the molecule is CCC(CC)(CC(=O)Nc1cccc2c1CN(CCC(C)C)C2)C(=O)O. The first-order valence-electron chi connectivity index (χ1n) is 9.67. The fraction of sp³-hybridized carbons (Fsp3) is 0.619.